The molecule has 7 nitrogen and oxygen atoms in total. The lowest BCUT2D eigenvalue weighted by molar-refractivity contribution is -0.111. The topological polar surface area (TPSA) is 83.0 Å². The van der Waals surface area contributed by atoms with Gasteiger partial charge in [-0.3, -0.25) is 10.2 Å². The molecule has 1 aromatic heterocycles. The Morgan fingerprint density at radius 2 is 2.14 bits per heavy atom. The zero-order chi connectivity index (χ0) is 15.2. The number of thiophene rings is 1. The molecule has 1 fully saturated rings. The summed E-state index contributed by atoms with van der Waals surface area (Å²) in [6.07, 6.45) is 0. The van der Waals surface area contributed by atoms with E-state index in [0.29, 0.717) is 16.4 Å². The van der Waals surface area contributed by atoms with Gasteiger partial charge in [0.05, 0.1) is 12.8 Å². The third kappa shape index (κ3) is 3.79. The number of hydrogen-bond acceptors (Lipinski definition) is 7. The van der Waals surface area contributed by atoms with Gasteiger partial charge in [0.15, 0.2) is 11.6 Å². The lowest BCUT2D eigenvalue weighted by Crippen LogP contribution is -2.48. The van der Waals surface area contributed by atoms with Gasteiger partial charge in [-0.25, -0.2) is 4.79 Å². The van der Waals surface area contributed by atoms with Crippen molar-refractivity contribution in [2.75, 3.05) is 38.7 Å². The van der Waals surface area contributed by atoms with Gasteiger partial charge in [0.1, 0.15) is 4.88 Å². The van der Waals surface area contributed by atoms with Crippen molar-refractivity contribution in [1.82, 2.24) is 10.2 Å². The van der Waals surface area contributed by atoms with Crippen LogP contribution in [0.25, 0.3) is 0 Å². The molecule has 1 aliphatic rings. The van der Waals surface area contributed by atoms with Gasteiger partial charge in [-0.05, 0) is 11.4 Å². The first kappa shape index (κ1) is 15.5. The minimum Gasteiger partial charge on any atom is -0.465 e. The van der Waals surface area contributed by atoms with E-state index in [9.17, 15) is 9.59 Å². The number of amidine groups is 1. The Morgan fingerprint density at radius 3 is 2.76 bits per heavy atom. The third-order valence-corrected chi connectivity index (χ3v) is 3.94. The highest BCUT2D eigenvalue weighted by atomic mass is 32.1. The molecule has 2 rings (SSSR count). The van der Waals surface area contributed by atoms with E-state index in [1.54, 1.807) is 11.4 Å². The average molecular weight is 310 g/mol. The fourth-order valence-electron chi connectivity index (χ4n) is 2.01. The number of carbonyl (C=O) groups excluding carboxylic acids is 2. The molecule has 0 atom stereocenters. The predicted octanol–water partition coefficient (Wildman–Crippen LogP) is 0.754. The van der Waals surface area contributed by atoms with E-state index < -0.39 is 5.97 Å². The van der Waals surface area contributed by atoms with E-state index in [0.717, 1.165) is 26.2 Å². The van der Waals surface area contributed by atoms with Gasteiger partial charge in [-0.15, -0.1) is 11.3 Å². The van der Waals surface area contributed by atoms with E-state index >= 15 is 0 Å². The van der Waals surface area contributed by atoms with Crippen molar-refractivity contribution < 1.29 is 14.3 Å². The van der Waals surface area contributed by atoms with Gasteiger partial charge < -0.3 is 15.0 Å². The molecule has 0 aromatic carbocycles. The highest BCUT2D eigenvalue weighted by Crippen LogP contribution is 2.23. The number of Topliss-reactive ketones (excluding diaryl/α,β-unsaturated/α-hetero) is 1. The molecule has 8 heteroatoms. The molecule has 1 aliphatic heterocycles. The molecule has 114 valence electrons. The van der Waals surface area contributed by atoms with Crippen LogP contribution in [-0.2, 0) is 9.53 Å². The molecule has 21 heavy (non-hydrogen) atoms. The molecule has 0 bridgehead atoms. The number of methoxy groups -OCH3 is 1. The molecule has 0 spiro atoms. The first-order valence-electron chi connectivity index (χ1n) is 6.59. The number of anilines is 1. The Kier molecular flexibility index (Phi) is 5.29. The number of nitrogens with one attached hydrogen (secondary N) is 2. The number of hydrogen-bond donors (Lipinski definition) is 2. The standard InChI is InChI=1S/C13H18N4O3S/c1-9(18)12(17-6-4-14-5-7-17)16-15-10-3-8-21-11(10)13(19)20-2/h3,8,14-15H,4-7H2,1-2H3/b16-12+. The van der Waals surface area contributed by atoms with E-state index in [1.807, 2.05) is 4.90 Å². The summed E-state index contributed by atoms with van der Waals surface area (Å²) in [4.78, 5) is 25.7. The lowest BCUT2D eigenvalue weighted by Gasteiger charge is -2.28. The minimum absolute atomic E-state index is 0.112. The van der Waals surface area contributed by atoms with E-state index in [-0.39, 0.29) is 5.78 Å². The zero-order valence-electron chi connectivity index (χ0n) is 12.0. The predicted molar refractivity (Wildman–Crippen MR) is 81.8 cm³/mol. The number of piperazine rings is 1. The maximum atomic E-state index is 11.8. The van der Waals surface area contributed by atoms with Crippen LogP contribution in [0.2, 0.25) is 0 Å². The second-order valence-corrected chi connectivity index (χ2v) is 5.41. The number of ether oxygens (including phenoxy) is 1. The van der Waals surface area contributed by atoms with Gasteiger partial charge in [0, 0.05) is 33.1 Å². The Labute approximate surface area is 127 Å². The van der Waals surface area contributed by atoms with Gasteiger partial charge in [0.2, 0.25) is 0 Å². The van der Waals surface area contributed by atoms with Gasteiger partial charge in [-0.2, -0.15) is 5.10 Å². The Balaban J connectivity index is 2.14. The van der Waals surface area contributed by atoms with Crippen LogP contribution < -0.4 is 10.7 Å². The van der Waals surface area contributed by atoms with Crippen LogP contribution >= 0.6 is 11.3 Å². The molecule has 0 saturated carbocycles. The van der Waals surface area contributed by atoms with Crippen molar-refractivity contribution in [3.8, 4) is 0 Å². The molecular weight excluding hydrogens is 292 g/mol. The number of hydrazone groups is 1. The zero-order valence-corrected chi connectivity index (χ0v) is 12.8. The van der Waals surface area contributed by atoms with E-state index in [2.05, 4.69) is 15.8 Å². The van der Waals surface area contributed by atoms with Crippen molar-refractivity contribution in [2.45, 2.75) is 6.92 Å². The van der Waals surface area contributed by atoms with Crippen molar-refractivity contribution in [2.24, 2.45) is 5.10 Å². The smallest absolute Gasteiger partial charge is 0.350 e. The molecule has 2 heterocycles. The van der Waals surface area contributed by atoms with Crippen molar-refractivity contribution in [3.63, 3.8) is 0 Å². The Morgan fingerprint density at radius 1 is 1.43 bits per heavy atom. The molecule has 0 amide bonds. The largest absolute Gasteiger partial charge is 0.465 e. The van der Waals surface area contributed by atoms with Crippen molar-refractivity contribution in [1.29, 1.82) is 0 Å². The number of esters is 1. The summed E-state index contributed by atoms with van der Waals surface area (Å²) in [5.74, 6) is -0.160. The molecule has 0 radical (unpaired) electrons. The number of nitrogens with zero attached hydrogens (tertiary/aromatic N) is 2. The highest BCUT2D eigenvalue weighted by molar-refractivity contribution is 7.12. The number of rotatable bonds is 4. The van der Waals surface area contributed by atoms with Gasteiger partial charge >= 0.3 is 5.97 Å². The average Bonchev–Trinajstić information content (AvgIpc) is 2.96. The summed E-state index contributed by atoms with van der Waals surface area (Å²) >= 11 is 1.26. The molecule has 1 saturated heterocycles. The first-order chi connectivity index (χ1) is 10.1. The Bertz CT molecular complexity index is 549. The maximum Gasteiger partial charge on any atom is 0.350 e. The highest BCUT2D eigenvalue weighted by Gasteiger charge is 2.19. The first-order valence-corrected chi connectivity index (χ1v) is 7.47. The fourth-order valence-corrected chi connectivity index (χ4v) is 2.77. The molecule has 1 aromatic rings. The third-order valence-electron chi connectivity index (χ3n) is 3.05. The Hall–Kier alpha value is -1.93. The van der Waals surface area contributed by atoms with Crippen molar-refractivity contribution in [3.05, 3.63) is 16.3 Å². The number of ketones is 1. The SMILES string of the molecule is COC(=O)c1sccc1N/N=C(\C(C)=O)N1CCNCC1. The quantitative estimate of drug-likeness (QED) is 0.370. The van der Waals surface area contributed by atoms with Crippen LogP contribution in [0.15, 0.2) is 16.5 Å². The summed E-state index contributed by atoms with van der Waals surface area (Å²) in [5, 5.41) is 9.17. The molecular formula is C13H18N4O3S. The van der Waals surface area contributed by atoms with E-state index in [1.165, 1.54) is 25.4 Å². The van der Waals surface area contributed by atoms with Crippen LogP contribution in [0, 0.1) is 0 Å². The summed E-state index contributed by atoms with van der Waals surface area (Å²) in [6, 6.07) is 1.73. The normalized spacial score (nSPS) is 15.7. The second-order valence-electron chi connectivity index (χ2n) is 4.50. The van der Waals surface area contributed by atoms with Crippen LogP contribution in [0.5, 0.6) is 0 Å². The van der Waals surface area contributed by atoms with Crippen LogP contribution in [0.3, 0.4) is 0 Å². The lowest BCUT2D eigenvalue weighted by atomic mass is 10.3. The second kappa shape index (κ2) is 7.19. The van der Waals surface area contributed by atoms with Crippen LogP contribution in [0.1, 0.15) is 16.6 Å². The summed E-state index contributed by atoms with van der Waals surface area (Å²) in [6.45, 7) is 4.58. The van der Waals surface area contributed by atoms with Gasteiger partial charge in [0.25, 0.3) is 0 Å². The monoisotopic (exact) mass is 310 g/mol. The molecule has 0 aliphatic carbocycles. The summed E-state index contributed by atoms with van der Waals surface area (Å²) < 4.78 is 4.70. The minimum atomic E-state index is -0.422. The summed E-state index contributed by atoms with van der Waals surface area (Å²) in [7, 11) is 1.33. The number of carbonyl (C=O) groups is 2. The van der Waals surface area contributed by atoms with E-state index in [4.69, 9.17) is 4.74 Å². The van der Waals surface area contributed by atoms with Crippen LogP contribution in [-0.4, -0.2) is 55.8 Å². The molecule has 2 N–H and O–H groups in total. The summed E-state index contributed by atoms with van der Waals surface area (Å²) in [5.41, 5.74) is 3.34. The van der Waals surface area contributed by atoms with Crippen molar-refractivity contribution >= 4 is 34.6 Å². The van der Waals surface area contributed by atoms with Gasteiger partial charge in [-0.1, -0.05) is 0 Å². The maximum absolute atomic E-state index is 11.8. The van der Waals surface area contributed by atoms with Crippen LogP contribution in [0.4, 0.5) is 5.69 Å². The fraction of sp³-hybridized carbons (Fsp3) is 0.462. The molecule has 0 unspecified atom stereocenters.